The molecule has 0 unspecified atom stereocenters. The van der Waals surface area contributed by atoms with Gasteiger partial charge in [0.1, 0.15) is 17.2 Å². The molecular weight excluding hydrogens is 360 g/mol. The number of fused-ring (bicyclic) bond motifs is 3. The summed E-state index contributed by atoms with van der Waals surface area (Å²) < 4.78 is 4.80. The first kappa shape index (κ1) is 17.9. The van der Waals surface area contributed by atoms with E-state index in [-0.39, 0.29) is 21.9 Å². The van der Waals surface area contributed by atoms with Crippen LogP contribution in [-0.2, 0) is 11.3 Å². The van der Waals surface area contributed by atoms with Gasteiger partial charge in [-0.15, -0.1) is 11.8 Å². The fraction of sp³-hybridized carbons (Fsp3) is 0.333. The number of thioether (sulfide) groups is 1. The third-order valence-electron chi connectivity index (χ3n) is 5.17. The molecule has 140 valence electrons. The number of hydrogen-bond acceptors (Lipinski definition) is 4. The number of nitrogens with zero attached hydrogens (tertiary/aromatic N) is 1. The van der Waals surface area contributed by atoms with Crippen LogP contribution in [0.15, 0.2) is 48.5 Å². The van der Waals surface area contributed by atoms with Crippen LogP contribution in [0.25, 0.3) is 0 Å². The number of hydrogen-bond donors (Lipinski definition) is 1. The Balaban J connectivity index is 1.53. The van der Waals surface area contributed by atoms with Gasteiger partial charge in [0.15, 0.2) is 0 Å². The van der Waals surface area contributed by atoms with E-state index in [1.54, 1.807) is 23.8 Å². The quantitative estimate of drug-likeness (QED) is 0.881. The van der Waals surface area contributed by atoms with E-state index in [1.165, 1.54) is 0 Å². The Bertz CT molecular complexity index is 895. The molecule has 27 heavy (non-hydrogen) atoms. The van der Waals surface area contributed by atoms with Crippen molar-refractivity contribution in [3.8, 4) is 5.75 Å². The minimum Gasteiger partial charge on any atom is -0.497 e. The molecule has 0 spiro atoms. The van der Waals surface area contributed by atoms with Gasteiger partial charge in [0.2, 0.25) is 5.91 Å². The molecule has 2 amide bonds. The number of benzene rings is 2. The summed E-state index contributed by atoms with van der Waals surface area (Å²) in [6, 6.07) is 14.7. The predicted octanol–water partition coefficient (Wildman–Crippen LogP) is 3.36. The van der Waals surface area contributed by atoms with E-state index in [2.05, 4.69) is 5.32 Å². The zero-order valence-electron chi connectivity index (χ0n) is 15.6. The lowest BCUT2D eigenvalue weighted by Crippen LogP contribution is -2.52. The Labute approximate surface area is 163 Å². The number of methoxy groups -OCH3 is 1. The molecule has 2 atom stereocenters. The van der Waals surface area contributed by atoms with Gasteiger partial charge >= 0.3 is 0 Å². The van der Waals surface area contributed by atoms with Gasteiger partial charge < -0.3 is 15.0 Å². The van der Waals surface area contributed by atoms with Crippen LogP contribution in [0.2, 0.25) is 0 Å². The molecule has 2 aliphatic rings. The van der Waals surface area contributed by atoms with E-state index < -0.39 is 6.04 Å². The minimum absolute atomic E-state index is 0.0572. The van der Waals surface area contributed by atoms with Gasteiger partial charge in [-0.05, 0) is 43.2 Å². The predicted molar refractivity (Wildman–Crippen MR) is 106 cm³/mol. The van der Waals surface area contributed by atoms with Crippen LogP contribution < -0.4 is 10.1 Å². The maximum atomic E-state index is 13.1. The summed E-state index contributed by atoms with van der Waals surface area (Å²) in [7, 11) is 1.62. The average molecular weight is 382 g/mol. The zero-order chi connectivity index (χ0) is 19.2. The Morgan fingerprint density at radius 2 is 1.89 bits per heavy atom. The SMILES string of the molecule is COc1ccc(CNC(=O)[C@@H]2N3C(=O)c4ccccc4[C@H]3SC2(C)C)cc1. The van der Waals surface area contributed by atoms with Crippen molar-refractivity contribution in [1.29, 1.82) is 0 Å². The highest BCUT2D eigenvalue weighted by atomic mass is 32.2. The van der Waals surface area contributed by atoms with Crippen molar-refractivity contribution < 1.29 is 14.3 Å². The number of ether oxygens (including phenoxy) is 1. The van der Waals surface area contributed by atoms with E-state index >= 15 is 0 Å². The molecule has 0 bridgehead atoms. The molecule has 2 heterocycles. The maximum absolute atomic E-state index is 13.1. The maximum Gasteiger partial charge on any atom is 0.256 e. The molecular formula is C21H22N2O3S. The van der Waals surface area contributed by atoms with Crippen molar-refractivity contribution in [3.63, 3.8) is 0 Å². The molecule has 6 heteroatoms. The van der Waals surface area contributed by atoms with Crippen molar-refractivity contribution in [2.24, 2.45) is 0 Å². The molecule has 2 aliphatic heterocycles. The molecule has 2 aromatic carbocycles. The molecule has 1 N–H and O–H groups in total. The van der Waals surface area contributed by atoms with Crippen molar-refractivity contribution >= 4 is 23.6 Å². The van der Waals surface area contributed by atoms with Crippen LogP contribution in [0.1, 0.15) is 40.7 Å². The lowest BCUT2D eigenvalue weighted by molar-refractivity contribution is -0.126. The number of nitrogens with one attached hydrogen (secondary N) is 1. The molecule has 2 aromatic rings. The number of rotatable bonds is 4. The third kappa shape index (κ3) is 2.98. The topological polar surface area (TPSA) is 58.6 Å². The Kier molecular flexibility index (Phi) is 4.38. The van der Waals surface area contributed by atoms with E-state index in [1.807, 2.05) is 62.4 Å². The van der Waals surface area contributed by atoms with Crippen molar-refractivity contribution in [2.75, 3.05) is 7.11 Å². The summed E-state index contributed by atoms with van der Waals surface area (Å²) in [5, 5.41) is 2.91. The van der Waals surface area contributed by atoms with Gasteiger partial charge in [0.05, 0.1) is 7.11 Å². The van der Waals surface area contributed by atoms with Crippen molar-refractivity contribution in [3.05, 3.63) is 65.2 Å². The smallest absolute Gasteiger partial charge is 0.256 e. The molecule has 5 nitrogen and oxygen atoms in total. The monoisotopic (exact) mass is 382 g/mol. The second-order valence-electron chi connectivity index (χ2n) is 7.34. The van der Waals surface area contributed by atoms with Crippen LogP contribution in [0.3, 0.4) is 0 Å². The van der Waals surface area contributed by atoms with Crippen LogP contribution in [0.4, 0.5) is 0 Å². The highest BCUT2D eigenvalue weighted by Crippen LogP contribution is 2.56. The second-order valence-corrected chi connectivity index (χ2v) is 9.08. The van der Waals surface area contributed by atoms with Gasteiger partial charge in [0.25, 0.3) is 5.91 Å². The molecule has 0 radical (unpaired) electrons. The standard InChI is InChI=1S/C21H22N2O3S/c1-21(2)17(18(24)22-12-13-8-10-14(26-3)11-9-13)23-19(25)15-6-4-5-7-16(15)20(23)27-21/h4-11,17,20H,12H2,1-3H3,(H,22,24)/t17-,20+/m0/s1. The molecule has 0 saturated carbocycles. The lowest BCUT2D eigenvalue weighted by atomic mass is 10.0. The van der Waals surface area contributed by atoms with E-state index in [9.17, 15) is 9.59 Å². The molecule has 4 rings (SSSR count). The van der Waals surface area contributed by atoms with Crippen LogP contribution >= 0.6 is 11.8 Å². The Morgan fingerprint density at radius 3 is 2.59 bits per heavy atom. The van der Waals surface area contributed by atoms with E-state index in [0.717, 1.165) is 16.9 Å². The second kappa shape index (κ2) is 6.60. The van der Waals surface area contributed by atoms with Gasteiger partial charge in [-0.3, -0.25) is 9.59 Å². The highest BCUT2D eigenvalue weighted by molar-refractivity contribution is 8.01. The van der Waals surface area contributed by atoms with Crippen molar-refractivity contribution in [2.45, 2.75) is 36.6 Å². The van der Waals surface area contributed by atoms with Gasteiger partial charge in [-0.1, -0.05) is 30.3 Å². The van der Waals surface area contributed by atoms with Crippen LogP contribution in [-0.4, -0.2) is 34.6 Å². The first-order valence-electron chi connectivity index (χ1n) is 8.92. The average Bonchev–Trinajstić information content (AvgIpc) is 3.10. The van der Waals surface area contributed by atoms with E-state index in [0.29, 0.717) is 12.1 Å². The molecule has 0 aliphatic carbocycles. The Morgan fingerprint density at radius 1 is 1.19 bits per heavy atom. The summed E-state index contributed by atoms with van der Waals surface area (Å²) in [5.74, 6) is 0.604. The fourth-order valence-corrected chi connectivity index (χ4v) is 5.42. The van der Waals surface area contributed by atoms with Gasteiger partial charge in [-0.2, -0.15) is 0 Å². The summed E-state index contributed by atoms with van der Waals surface area (Å²) in [6.07, 6.45) is 0. The summed E-state index contributed by atoms with van der Waals surface area (Å²) in [5.41, 5.74) is 2.70. The molecule has 0 aromatic heterocycles. The number of amides is 2. The summed E-state index contributed by atoms with van der Waals surface area (Å²) in [4.78, 5) is 27.7. The largest absolute Gasteiger partial charge is 0.497 e. The third-order valence-corrected chi connectivity index (χ3v) is 6.71. The van der Waals surface area contributed by atoms with E-state index in [4.69, 9.17) is 4.74 Å². The lowest BCUT2D eigenvalue weighted by Gasteiger charge is -2.29. The Hall–Kier alpha value is -2.47. The zero-order valence-corrected chi connectivity index (χ0v) is 16.4. The number of carbonyl (C=O) groups is 2. The molecule has 1 saturated heterocycles. The van der Waals surface area contributed by atoms with Crippen molar-refractivity contribution in [1.82, 2.24) is 10.2 Å². The van der Waals surface area contributed by atoms with Crippen LogP contribution in [0.5, 0.6) is 5.75 Å². The minimum atomic E-state index is -0.509. The molecule has 1 fully saturated rings. The van der Waals surface area contributed by atoms with Gasteiger partial charge in [0, 0.05) is 16.9 Å². The summed E-state index contributed by atoms with van der Waals surface area (Å²) in [6.45, 7) is 4.48. The summed E-state index contributed by atoms with van der Waals surface area (Å²) >= 11 is 1.68. The number of carbonyl (C=O) groups excluding carboxylic acids is 2. The highest BCUT2D eigenvalue weighted by Gasteiger charge is 2.57. The van der Waals surface area contributed by atoms with Crippen LogP contribution in [0, 0.1) is 0 Å². The fourth-order valence-electron chi connectivity index (χ4n) is 3.83. The first-order chi connectivity index (χ1) is 12.9. The first-order valence-corrected chi connectivity index (χ1v) is 9.80. The van der Waals surface area contributed by atoms with Gasteiger partial charge in [-0.25, -0.2) is 0 Å². The normalized spacial score (nSPS) is 22.3.